The van der Waals surface area contributed by atoms with Crippen molar-refractivity contribution in [1.29, 1.82) is 0 Å². The maximum atomic E-state index is 15.5. The molecular weight excluding hydrogens is 793 g/mol. The van der Waals surface area contributed by atoms with Crippen LogP contribution in [0.5, 0.6) is 0 Å². The minimum Gasteiger partial charge on any atom is -0.511 e. The zero-order valence-electron chi connectivity index (χ0n) is 34.3. The molecule has 18 atom stereocenters. The summed E-state index contributed by atoms with van der Waals surface area (Å²) in [4.78, 5) is 30.4. The van der Waals surface area contributed by atoms with E-state index in [1.807, 2.05) is 6.08 Å². The quantitative estimate of drug-likeness (QED) is 0.192. The molecule has 18 unspecified atom stereocenters. The van der Waals surface area contributed by atoms with Crippen molar-refractivity contribution in [2.75, 3.05) is 31.4 Å². The Morgan fingerprint density at radius 3 is 2.59 bits per heavy atom. The highest BCUT2D eigenvalue weighted by Gasteiger charge is 2.74. The summed E-state index contributed by atoms with van der Waals surface area (Å²) in [6.07, 6.45) is 11.4. The van der Waals surface area contributed by atoms with E-state index >= 15 is 4.79 Å². The Kier molecular flexibility index (Phi) is 11.3. The minimum absolute atomic E-state index is 0.0703. The summed E-state index contributed by atoms with van der Waals surface area (Å²) in [5.41, 5.74) is -4.52. The van der Waals surface area contributed by atoms with Gasteiger partial charge in [0.15, 0.2) is 12.1 Å². The molecule has 3 saturated heterocycles. The van der Waals surface area contributed by atoms with Crippen LogP contribution in [0.3, 0.4) is 0 Å². The maximum absolute atomic E-state index is 15.5. The molecule has 59 heavy (non-hydrogen) atoms. The number of carbonyl (C=O) groups excluding carboxylic acids is 2. The first-order valence-electron chi connectivity index (χ1n) is 23.1. The van der Waals surface area contributed by atoms with Crippen LogP contribution in [-0.4, -0.2) is 116 Å². The number of nitrogens with two attached hydrogens (primary N) is 1. The van der Waals surface area contributed by atoms with Gasteiger partial charge >= 0.3 is 0 Å². The Morgan fingerprint density at radius 1 is 0.932 bits per heavy atom. The molecule has 12 nitrogen and oxygen atoms in total. The number of rotatable bonds is 4. The summed E-state index contributed by atoms with van der Waals surface area (Å²) in [6.45, 7) is 0.555. The van der Waals surface area contributed by atoms with Crippen molar-refractivity contribution in [2.24, 2.45) is 64.1 Å². The van der Waals surface area contributed by atoms with E-state index in [4.69, 9.17) is 9.47 Å². The molecule has 10 aliphatic rings. The fourth-order valence-electron chi connectivity index (χ4n) is 15.7. The molecular formula is C45H67N2O10S2+. The molecule has 0 aromatic heterocycles. The number of nitrogens with one attached hydrogen (secondary N) is 1. The smallest absolute Gasteiger partial charge is 0.187 e. The molecule has 0 radical (unpaired) electrons. The van der Waals surface area contributed by atoms with Gasteiger partial charge in [-0.15, -0.1) is 0 Å². The van der Waals surface area contributed by atoms with Crippen molar-refractivity contribution in [3.8, 4) is 0 Å². The molecule has 7 aliphatic carbocycles. The van der Waals surface area contributed by atoms with Gasteiger partial charge in [0.25, 0.3) is 0 Å². The maximum Gasteiger partial charge on any atom is 0.187 e. The van der Waals surface area contributed by atoms with Gasteiger partial charge in [-0.1, -0.05) is 53.3 Å². The number of ether oxygens (including phenoxy) is 2. The van der Waals surface area contributed by atoms with Crippen molar-refractivity contribution in [2.45, 2.75) is 145 Å². The summed E-state index contributed by atoms with van der Waals surface area (Å²) >= 11 is 0. The van der Waals surface area contributed by atoms with Crippen LogP contribution >= 0.6 is 21.6 Å². The number of aliphatic hydroxyl groups excluding tert-OH is 5. The first-order valence-corrected chi connectivity index (χ1v) is 25.6. The van der Waals surface area contributed by atoms with Gasteiger partial charge in [-0.05, 0) is 117 Å². The molecule has 2 spiro atoms. The fraction of sp³-hybridized carbons (Fsp3) is 0.867. The molecule has 14 heteroatoms. The lowest BCUT2D eigenvalue weighted by molar-refractivity contribution is -0.713. The largest absolute Gasteiger partial charge is 0.511 e. The SMILES string of the molecule is O=C1C2CCCC3OC4OC5(CO)CCC(C(O)(C4O)C5O)C45CCCC4CCC4C[NH2+]C(CC45)NCSSCC4(C(=O)C32)C(O)=CC(CC2CCCC(CO)C2)=CC14. The number of allylic oxidation sites excluding steroid dienone is 4. The molecule has 9 N–H and O–H groups in total. The van der Waals surface area contributed by atoms with Gasteiger partial charge in [-0.2, -0.15) is 0 Å². The van der Waals surface area contributed by atoms with Gasteiger partial charge in [0, 0.05) is 30.6 Å². The van der Waals surface area contributed by atoms with Gasteiger partial charge in [-0.3, -0.25) is 14.9 Å². The summed E-state index contributed by atoms with van der Waals surface area (Å²) < 4.78 is 13.3. The predicted molar refractivity (Wildman–Crippen MR) is 221 cm³/mol. The highest BCUT2D eigenvalue weighted by molar-refractivity contribution is 8.76. The topological polar surface area (TPSA) is 203 Å². The van der Waals surface area contributed by atoms with E-state index in [0.717, 1.165) is 76.3 Å². The van der Waals surface area contributed by atoms with Crippen LogP contribution in [0.15, 0.2) is 23.5 Å². The average molecular weight is 860 g/mol. The molecule has 0 amide bonds. The van der Waals surface area contributed by atoms with E-state index < -0.39 is 71.5 Å². The van der Waals surface area contributed by atoms with E-state index in [0.29, 0.717) is 62.2 Å². The van der Waals surface area contributed by atoms with Crippen LogP contribution < -0.4 is 10.6 Å². The molecule has 10 rings (SSSR count). The monoisotopic (exact) mass is 859 g/mol. The average Bonchev–Trinajstić information content (AvgIpc) is 3.69. The number of Topliss-reactive ketones (excluding diaryl/α,β-unsaturated/α-hetero) is 2. The van der Waals surface area contributed by atoms with E-state index in [2.05, 4.69) is 10.6 Å². The fourth-order valence-corrected chi connectivity index (χ4v) is 18.0. The van der Waals surface area contributed by atoms with Gasteiger partial charge in [0.1, 0.15) is 46.5 Å². The second-order valence-corrected chi connectivity index (χ2v) is 23.2. The number of fused-ring (bicyclic) bond motifs is 3. The lowest BCUT2D eigenvalue weighted by Crippen LogP contribution is -2.97. The van der Waals surface area contributed by atoms with Gasteiger partial charge in [0.2, 0.25) is 0 Å². The molecule has 3 aliphatic heterocycles. The third-order valence-corrected chi connectivity index (χ3v) is 20.6. The van der Waals surface area contributed by atoms with Crippen LogP contribution in [0.4, 0.5) is 0 Å². The molecule has 7 bridgehead atoms. The normalized spacial score (nSPS) is 52.4. The Morgan fingerprint density at radius 2 is 1.76 bits per heavy atom. The van der Waals surface area contributed by atoms with Crippen LogP contribution in [0, 0.1) is 64.1 Å². The molecule has 3 heterocycles. The highest BCUT2D eigenvalue weighted by Crippen LogP contribution is 2.68. The second-order valence-electron chi connectivity index (χ2n) is 20.7. The summed E-state index contributed by atoms with van der Waals surface area (Å²) in [6, 6.07) is 0. The Bertz CT molecular complexity index is 1720. The summed E-state index contributed by atoms with van der Waals surface area (Å²) in [5.74, 6) is -0.709. The van der Waals surface area contributed by atoms with Gasteiger partial charge in [0.05, 0.1) is 37.0 Å². The predicted octanol–water partition coefficient (Wildman–Crippen LogP) is 3.11. The number of piperidine rings is 1. The number of ketones is 2. The van der Waals surface area contributed by atoms with Crippen molar-refractivity contribution in [3.63, 3.8) is 0 Å². The van der Waals surface area contributed by atoms with E-state index in [1.54, 1.807) is 16.9 Å². The van der Waals surface area contributed by atoms with Crippen molar-refractivity contribution >= 4 is 33.2 Å². The molecule has 328 valence electrons. The number of aliphatic hydroxyl groups is 6. The van der Waals surface area contributed by atoms with Crippen LogP contribution in [-0.2, 0) is 19.1 Å². The van der Waals surface area contributed by atoms with Crippen molar-refractivity contribution in [1.82, 2.24) is 5.32 Å². The zero-order chi connectivity index (χ0) is 40.9. The molecule has 0 aromatic carbocycles. The second kappa shape index (κ2) is 15.9. The lowest BCUT2D eigenvalue weighted by Gasteiger charge is -2.66. The first kappa shape index (κ1) is 41.9. The number of carbonyl (C=O) groups is 2. The summed E-state index contributed by atoms with van der Waals surface area (Å²) in [7, 11) is 3.14. The number of hydrogen-bond donors (Lipinski definition) is 8. The molecule has 9 fully saturated rings. The minimum atomic E-state index is -2.04. The zero-order valence-corrected chi connectivity index (χ0v) is 35.9. The Balaban J connectivity index is 1.03. The molecule has 0 aromatic rings. The van der Waals surface area contributed by atoms with E-state index in [-0.39, 0.29) is 53.1 Å². The highest BCUT2D eigenvalue weighted by atomic mass is 33.1. The Labute approximate surface area is 355 Å². The third kappa shape index (κ3) is 6.32. The van der Waals surface area contributed by atoms with Gasteiger partial charge in [-0.25, -0.2) is 0 Å². The first-order chi connectivity index (χ1) is 28.5. The van der Waals surface area contributed by atoms with Crippen molar-refractivity contribution in [3.05, 3.63) is 23.5 Å². The van der Waals surface area contributed by atoms with Crippen LogP contribution in [0.25, 0.3) is 0 Å². The van der Waals surface area contributed by atoms with E-state index in [1.165, 1.54) is 10.8 Å². The van der Waals surface area contributed by atoms with Crippen molar-refractivity contribution < 1.29 is 55.0 Å². The van der Waals surface area contributed by atoms with Gasteiger partial charge < -0.3 is 45.4 Å². The van der Waals surface area contributed by atoms with E-state index in [9.17, 15) is 35.4 Å². The summed E-state index contributed by atoms with van der Waals surface area (Å²) in [5, 5.41) is 77.4. The third-order valence-electron chi connectivity index (χ3n) is 18.3. The standard InChI is InChI=1S/C45H66N2O10S2/c48-20-25-5-1-4-24(14-25)15-26-16-31-37(51)29-7-2-8-32-36(29)38(52)44(31,34(50)17-26)22-58-59-23-47-35-18-30-27(19-46-35)9-10-28-6-3-12-43(28,30)33-11-13-42(21-49)41(54)45(33,55)39(53)40(56-32)57-42/h16-17,24-25,27-33,35-36,39-41,46-50,53-55H,1-15,18-23H2/p+1. The van der Waals surface area contributed by atoms with Crippen LogP contribution in [0.2, 0.25) is 0 Å². The van der Waals surface area contributed by atoms with Crippen LogP contribution in [0.1, 0.15) is 103 Å². The number of quaternary nitrogens is 1. The number of hydrogen-bond acceptors (Lipinski definition) is 13. The Hall–Kier alpha value is -1.04. The molecule has 6 saturated carbocycles. The lowest BCUT2D eigenvalue weighted by atomic mass is 9.44.